The molecule has 0 amide bonds. The molecule has 4 atom stereocenters. The first-order valence-corrected chi connectivity index (χ1v) is 12.2. The Balaban J connectivity index is 2.00. The van der Waals surface area contributed by atoms with Gasteiger partial charge in [0, 0.05) is 17.4 Å². The van der Waals surface area contributed by atoms with Crippen molar-refractivity contribution in [2.75, 3.05) is 7.11 Å². The van der Waals surface area contributed by atoms with E-state index in [1.54, 1.807) is 30.3 Å². The molecule has 0 bridgehead atoms. The Morgan fingerprint density at radius 2 is 1.81 bits per heavy atom. The van der Waals surface area contributed by atoms with E-state index in [2.05, 4.69) is 20.9 Å². The van der Waals surface area contributed by atoms with Crippen LogP contribution in [-0.2, 0) is 11.3 Å². The van der Waals surface area contributed by atoms with Crippen molar-refractivity contribution in [3.05, 3.63) is 91.6 Å². The molecule has 0 N–H and O–H groups in total. The summed E-state index contributed by atoms with van der Waals surface area (Å²) in [5.41, 5.74) is -2.27. The van der Waals surface area contributed by atoms with Crippen molar-refractivity contribution in [1.82, 2.24) is 9.55 Å². The molecule has 1 aliphatic rings. The summed E-state index contributed by atoms with van der Waals surface area (Å²) in [6.07, 6.45) is -6.26. The first-order valence-electron chi connectivity index (χ1n) is 11.4. The fraction of sp³-hybridized carbons (Fsp3) is 0.385. The van der Waals surface area contributed by atoms with Gasteiger partial charge in [-0.3, -0.25) is 9.36 Å². The van der Waals surface area contributed by atoms with Gasteiger partial charge >= 0.3 is 6.18 Å². The van der Waals surface area contributed by atoms with Gasteiger partial charge in [0.2, 0.25) is 5.82 Å². The molecule has 1 saturated heterocycles. The number of benzene rings is 2. The van der Waals surface area contributed by atoms with Crippen molar-refractivity contribution in [1.29, 1.82) is 0 Å². The maximum absolute atomic E-state index is 14.7. The van der Waals surface area contributed by atoms with Crippen LogP contribution in [0, 0.1) is 24.5 Å². The van der Waals surface area contributed by atoms with E-state index in [0.29, 0.717) is 5.56 Å². The molecule has 1 fully saturated rings. The van der Waals surface area contributed by atoms with E-state index in [-0.39, 0.29) is 28.1 Å². The molecule has 0 unspecified atom stereocenters. The van der Waals surface area contributed by atoms with Crippen molar-refractivity contribution >= 4 is 15.9 Å². The highest BCUT2D eigenvalue weighted by Gasteiger charge is 2.65. The van der Waals surface area contributed by atoms with E-state index in [1.165, 1.54) is 24.5 Å². The van der Waals surface area contributed by atoms with Crippen molar-refractivity contribution in [2.45, 2.75) is 51.1 Å². The van der Waals surface area contributed by atoms with Gasteiger partial charge in [0.1, 0.15) is 16.4 Å². The van der Waals surface area contributed by atoms with Crippen LogP contribution < -0.4 is 10.3 Å². The molecular weight excluding hydrogens is 563 g/mol. The van der Waals surface area contributed by atoms with Crippen LogP contribution >= 0.6 is 15.9 Å². The van der Waals surface area contributed by atoms with E-state index in [1.807, 2.05) is 0 Å². The Bertz CT molecular complexity index is 1380. The minimum absolute atomic E-state index is 0.000502. The minimum Gasteiger partial charge on any atom is -0.493 e. The lowest BCUT2D eigenvalue weighted by Gasteiger charge is -2.32. The maximum atomic E-state index is 14.7. The summed E-state index contributed by atoms with van der Waals surface area (Å²) in [6, 6.07) is 10.9. The summed E-state index contributed by atoms with van der Waals surface area (Å²) in [4.78, 5) is 17.8. The summed E-state index contributed by atoms with van der Waals surface area (Å²) in [5, 5.41) is 0. The van der Waals surface area contributed by atoms with Crippen LogP contribution in [0.2, 0.25) is 0 Å². The Kier molecular flexibility index (Phi) is 7.24. The van der Waals surface area contributed by atoms with Crippen LogP contribution in [0.5, 0.6) is 5.75 Å². The highest BCUT2D eigenvalue weighted by atomic mass is 79.9. The third-order valence-corrected chi connectivity index (χ3v) is 7.97. The maximum Gasteiger partial charge on any atom is 0.417 e. The van der Waals surface area contributed by atoms with E-state index in [9.17, 15) is 26.7 Å². The van der Waals surface area contributed by atoms with Crippen molar-refractivity contribution in [3.63, 3.8) is 0 Å². The topological polar surface area (TPSA) is 53.3 Å². The van der Waals surface area contributed by atoms with Crippen molar-refractivity contribution < 1.29 is 31.4 Å². The van der Waals surface area contributed by atoms with Gasteiger partial charge in [-0.05, 0) is 41.4 Å². The van der Waals surface area contributed by atoms with E-state index >= 15 is 0 Å². The summed E-state index contributed by atoms with van der Waals surface area (Å²) >= 11 is 3.22. The Hall–Kier alpha value is -2.79. The molecule has 37 heavy (non-hydrogen) atoms. The van der Waals surface area contributed by atoms with E-state index in [0.717, 1.165) is 20.1 Å². The van der Waals surface area contributed by atoms with Crippen LogP contribution in [0.25, 0.3) is 0 Å². The minimum atomic E-state index is -4.82. The van der Waals surface area contributed by atoms with Gasteiger partial charge in [-0.25, -0.2) is 9.37 Å². The third-order valence-electron chi connectivity index (χ3n) is 7.06. The average molecular weight is 587 g/mol. The fourth-order valence-electron chi connectivity index (χ4n) is 4.83. The van der Waals surface area contributed by atoms with Crippen LogP contribution in [-0.4, -0.2) is 28.4 Å². The molecule has 1 aliphatic heterocycles. The zero-order valence-electron chi connectivity index (χ0n) is 20.4. The second-order valence-corrected chi connectivity index (χ2v) is 9.98. The second-order valence-electron chi connectivity index (χ2n) is 9.19. The Morgan fingerprint density at radius 3 is 2.41 bits per heavy atom. The number of aromatic nitrogens is 2. The van der Waals surface area contributed by atoms with Crippen LogP contribution in [0.15, 0.2) is 51.7 Å². The predicted molar refractivity (Wildman–Crippen MR) is 130 cm³/mol. The lowest BCUT2D eigenvalue weighted by atomic mass is 9.76. The monoisotopic (exact) mass is 586 g/mol. The molecule has 1 aromatic heterocycles. The predicted octanol–water partition coefficient (Wildman–Crippen LogP) is 6.46. The molecule has 5 nitrogen and oxygen atoms in total. The number of nitrogens with zero attached hydrogens (tertiary/aromatic N) is 2. The third kappa shape index (κ3) is 4.56. The van der Waals surface area contributed by atoms with Crippen LogP contribution in [0.1, 0.15) is 48.5 Å². The average Bonchev–Trinajstić information content (AvgIpc) is 3.13. The quantitative estimate of drug-likeness (QED) is 0.322. The fourth-order valence-corrected chi connectivity index (χ4v) is 5.13. The molecule has 198 valence electrons. The first kappa shape index (κ1) is 27.3. The highest BCUT2D eigenvalue weighted by molar-refractivity contribution is 9.10. The molecule has 2 aromatic carbocycles. The largest absolute Gasteiger partial charge is 0.493 e. The Morgan fingerprint density at radius 1 is 1.16 bits per heavy atom. The molecule has 2 heterocycles. The summed E-state index contributed by atoms with van der Waals surface area (Å²) in [5.74, 6) is -5.60. The van der Waals surface area contributed by atoms with Gasteiger partial charge in [-0.2, -0.15) is 17.6 Å². The first-order chi connectivity index (χ1) is 17.3. The molecule has 11 heteroatoms. The molecule has 0 radical (unpaired) electrons. The number of hydrogen-bond donors (Lipinski definition) is 0. The number of rotatable bonds is 5. The van der Waals surface area contributed by atoms with Gasteiger partial charge in [-0.15, -0.1) is 0 Å². The van der Waals surface area contributed by atoms with Gasteiger partial charge in [0.25, 0.3) is 5.56 Å². The lowest BCUT2D eigenvalue weighted by molar-refractivity contribution is -0.275. The second kappa shape index (κ2) is 9.83. The smallest absolute Gasteiger partial charge is 0.417 e. The van der Waals surface area contributed by atoms with Crippen LogP contribution in [0.4, 0.5) is 22.0 Å². The van der Waals surface area contributed by atoms with Gasteiger partial charge in [0.15, 0.2) is 17.2 Å². The number of alkyl halides is 3. The summed E-state index contributed by atoms with van der Waals surface area (Å²) in [6.45, 7) is 3.77. The molecule has 0 spiro atoms. The molecule has 4 rings (SSSR count). The number of hydrogen-bond acceptors (Lipinski definition) is 4. The van der Waals surface area contributed by atoms with Crippen molar-refractivity contribution in [2.24, 2.45) is 5.92 Å². The molecule has 3 aromatic rings. The molecule has 0 aliphatic carbocycles. The number of aryl methyl sites for hydroxylation is 1. The number of methoxy groups -OCH3 is 1. The van der Waals surface area contributed by atoms with Crippen LogP contribution in [0.3, 0.4) is 0 Å². The van der Waals surface area contributed by atoms with Crippen molar-refractivity contribution in [3.8, 4) is 5.75 Å². The lowest BCUT2D eigenvalue weighted by Crippen LogP contribution is -2.46. The van der Waals surface area contributed by atoms with Gasteiger partial charge < -0.3 is 9.47 Å². The zero-order valence-corrected chi connectivity index (χ0v) is 22.0. The normalized spacial score (nSPS) is 23.9. The summed E-state index contributed by atoms with van der Waals surface area (Å²) in [7, 11) is 1.10. The SMILES string of the molecule is COc1c([C@H]2[C@H](c3nc(C)c(Br)c(=O)n3Cc3ccccc3)O[C@@](C)(C(F)(F)F)[C@H]2C)ccc(F)c1F. The Labute approximate surface area is 218 Å². The molecule has 0 saturated carbocycles. The standard InChI is InChI=1S/C26H24BrF5N2O3/c1-13-18(16-10-11-17(28)20(29)21(16)36-4)22(37-25(13,3)26(30,31)32)23-33-14(2)19(27)24(35)34(23)12-15-8-6-5-7-9-15/h5-11,13,18,22H,12H2,1-4H3/t13-,18-,22+,25+/m0/s1. The number of halogens is 6. The van der Waals surface area contributed by atoms with Gasteiger partial charge in [0.05, 0.1) is 19.3 Å². The van der Waals surface area contributed by atoms with E-state index in [4.69, 9.17) is 9.47 Å². The highest BCUT2D eigenvalue weighted by Crippen LogP contribution is 2.59. The number of ether oxygens (including phenoxy) is 2. The zero-order chi connectivity index (χ0) is 27.3. The summed E-state index contributed by atoms with van der Waals surface area (Å²) < 4.78 is 84.1. The van der Waals surface area contributed by atoms with Gasteiger partial charge in [-0.1, -0.05) is 43.3 Å². The molecular formula is C26H24BrF5N2O3. The van der Waals surface area contributed by atoms with E-state index < -0.39 is 52.7 Å².